The lowest BCUT2D eigenvalue weighted by atomic mass is 9.97. The van der Waals surface area contributed by atoms with Crippen molar-refractivity contribution < 1.29 is 0 Å². The molecule has 0 bridgehead atoms. The van der Waals surface area contributed by atoms with Gasteiger partial charge in [-0.25, -0.2) is 9.97 Å². The van der Waals surface area contributed by atoms with Crippen LogP contribution in [-0.4, -0.2) is 25.8 Å². The second kappa shape index (κ2) is 8.68. The van der Waals surface area contributed by atoms with Gasteiger partial charge in [0.1, 0.15) is 5.82 Å². The van der Waals surface area contributed by atoms with Crippen LogP contribution in [0, 0.1) is 18.3 Å². The molecule has 0 aliphatic carbocycles. The zero-order valence-corrected chi connectivity index (χ0v) is 18.2. The molecule has 4 aromatic rings. The van der Waals surface area contributed by atoms with Crippen LogP contribution in [0.5, 0.6) is 0 Å². The van der Waals surface area contributed by atoms with E-state index in [1.54, 1.807) is 11.8 Å². The average molecular weight is 414 g/mol. The molecule has 0 unspecified atom stereocenters. The van der Waals surface area contributed by atoms with Crippen molar-refractivity contribution in [3.8, 4) is 17.2 Å². The smallest absolute Gasteiger partial charge is 0.209 e. The van der Waals surface area contributed by atoms with Gasteiger partial charge in [-0.2, -0.15) is 9.78 Å². The summed E-state index contributed by atoms with van der Waals surface area (Å²) in [5, 5.41) is 14.7. The lowest BCUT2D eigenvalue weighted by Gasteiger charge is -2.12. The Bertz CT molecular complexity index is 1240. The Morgan fingerprint density at radius 3 is 2.53 bits per heavy atom. The van der Waals surface area contributed by atoms with E-state index in [1.165, 1.54) is 5.56 Å². The molecule has 0 N–H and O–H groups in total. The van der Waals surface area contributed by atoms with E-state index in [0.29, 0.717) is 5.56 Å². The van der Waals surface area contributed by atoms with Crippen molar-refractivity contribution in [2.45, 2.75) is 38.3 Å². The zero-order valence-electron chi connectivity index (χ0n) is 17.4. The lowest BCUT2D eigenvalue weighted by Crippen LogP contribution is -2.08. The number of fused-ring (bicyclic) bond motifs is 1. The monoisotopic (exact) mass is 413 g/mol. The van der Waals surface area contributed by atoms with Crippen molar-refractivity contribution in [2.75, 3.05) is 6.26 Å². The normalized spacial score (nSPS) is 11.0. The van der Waals surface area contributed by atoms with Crippen LogP contribution in [-0.2, 0) is 12.8 Å². The molecular weight excluding hydrogens is 390 g/mol. The van der Waals surface area contributed by atoms with Gasteiger partial charge in [0.15, 0.2) is 5.65 Å². The lowest BCUT2D eigenvalue weighted by molar-refractivity contribution is 0.778. The number of rotatable bonds is 6. The number of nitrogens with zero attached hydrogens (tertiary/aromatic N) is 5. The minimum Gasteiger partial charge on any atom is -0.238 e. The summed E-state index contributed by atoms with van der Waals surface area (Å²) in [6.45, 7) is 4.15. The third-order valence-corrected chi connectivity index (χ3v) is 5.71. The van der Waals surface area contributed by atoms with Crippen LogP contribution in [0.25, 0.3) is 16.8 Å². The number of thioether (sulfide) groups is 1. The molecular formula is C24H23N5S. The van der Waals surface area contributed by atoms with Crippen LogP contribution in [0.3, 0.4) is 0 Å². The molecule has 150 valence electrons. The second-order valence-electron chi connectivity index (χ2n) is 7.20. The van der Waals surface area contributed by atoms with E-state index in [1.807, 2.05) is 42.0 Å². The molecule has 0 fully saturated rings. The fraction of sp³-hybridized carbons (Fsp3) is 0.250. The summed E-state index contributed by atoms with van der Waals surface area (Å²) in [4.78, 5) is 9.60. The van der Waals surface area contributed by atoms with E-state index in [2.05, 4.69) is 42.4 Å². The SMILES string of the molecule is CCCc1nc(C)n2nc(SC)nc2c1Cc1ccc(-c2ccccc2C#N)cc1. The molecule has 0 saturated heterocycles. The van der Waals surface area contributed by atoms with Crippen LogP contribution in [0.15, 0.2) is 53.7 Å². The van der Waals surface area contributed by atoms with Gasteiger partial charge in [-0.1, -0.05) is 67.6 Å². The maximum atomic E-state index is 9.38. The topological polar surface area (TPSA) is 66.9 Å². The molecule has 5 nitrogen and oxygen atoms in total. The molecule has 30 heavy (non-hydrogen) atoms. The van der Waals surface area contributed by atoms with Crippen LogP contribution in [0.2, 0.25) is 0 Å². The first-order valence-electron chi connectivity index (χ1n) is 10.0. The quantitative estimate of drug-likeness (QED) is 0.405. The van der Waals surface area contributed by atoms with Gasteiger partial charge in [0.2, 0.25) is 5.16 Å². The Morgan fingerprint density at radius 2 is 1.83 bits per heavy atom. The third kappa shape index (κ3) is 3.81. The summed E-state index contributed by atoms with van der Waals surface area (Å²) in [5.74, 6) is 0.869. The van der Waals surface area contributed by atoms with Gasteiger partial charge in [0.25, 0.3) is 0 Å². The van der Waals surface area contributed by atoms with E-state index in [0.717, 1.165) is 58.3 Å². The Hall–Kier alpha value is -3.17. The van der Waals surface area contributed by atoms with Crippen molar-refractivity contribution in [3.05, 3.63) is 76.7 Å². The van der Waals surface area contributed by atoms with Crippen molar-refractivity contribution in [3.63, 3.8) is 0 Å². The molecule has 6 heteroatoms. The van der Waals surface area contributed by atoms with Gasteiger partial charge in [-0.05, 0) is 42.4 Å². The van der Waals surface area contributed by atoms with E-state index in [4.69, 9.17) is 9.97 Å². The van der Waals surface area contributed by atoms with E-state index >= 15 is 0 Å². The predicted octanol–water partition coefficient (Wildman–Crippen LogP) is 5.24. The standard InChI is InChI=1S/C24H23N5S/c1-4-7-22-21(23-27-24(30-3)28-29(23)16(2)26-22)14-17-10-12-18(13-11-17)20-9-6-5-8-19(20)15-25/h5-6,8-13H,4,7,14H2,1-3H3. The molecule has 0 saturated carbocycles. The molecule has 0 aliphatic heterocycles. The van der Waals surface area contributed by atoms with Crippen molar-refractivity contribution >= 4 is 17.4 Å². The van der Waals surface area contributed by atoms with Crippen LogP contribution in [0.1, 0.15) is 41.6 Å². The van der Waals surface area contributed by atoms with Gasteiger partial charge in [-0.15, -0.1) is 5.10 Å². The first-order chi connectivity index (χ1) is 14.6. The van der Waals surface area contributed by atoms with E-state index < -0.39 is 0 Å². The Balaban J connectivity index is 1.73. The molecule has 2 aromatic carbocycles. The highest BCUT2D eigenvalue weighted by atomic mass is 32.2. The first kappa shape index (κ1) is 20.1. The Kier molecular flexibility index (Phi) is 5.82. The summed E-state index contributed by atoms with van der Waals surface area (Å²) in [5.41, 5.74) is 7.01. The minimum absolute atomic E-state index is 0.688. The molecule has 4 rings (SSSR count). The largest absolute Gasteiger partial charge is 0.238 e. The summed E-state index contributed by atoms with van der Waals surface area (Å²) in [6, 6.07) is 18.4. The Morgan fingerprint density at radius 1 is 1.07 bits per heavy atom. The van der Waals surface area contributed by atoms with Gasteiger partial charge in [-0.3, -0.25) is 0 Å². The van der Waals surface area contributed by atoms with Gasteiger partial charge in [0, 0.05) is 17.7 Å². The number of benzene rings is 2. The first-order valence-corrected chi connectivity index (χ1v) is 11.2. The van der Waals surface area contributed by atoms with Crippen molar-refractivity contribution in [2.24, 2.45) is 0 Å². The van der Waals surface area contributed by atoms with Gasteiger partial charge < -0.3 is 0 Å². The average Bonchev–Trinajstić information content (AvgIpc) is 3.22. The van der Waals surface area contributed by atoms with Crippen LogP contribution in [0.4, 0.5) is 0 Å². The zero-order chi connectivity index (χ0) is 21.1. The molecule has 2 heterocycles. The predicted molar refractivity (Wildman–Crippen MR) is 121 cm³/mol. The molecule has 0 amide bonds. The highest BCUT2D eigenvalue weighted by molar-refractivity contribution is 7.98. The van der Waals surface area contributed by atoms with Crippen molar-refractivity contribution in [1.82, 2.24) is 19.6 Å². The maximum Gasteiger partial charge on any atom is 0.209 e. The van der Waals surface area contributed by atoms with E-state index in [9.17, 15) is 5.26 Å². The minimum atomic E-state index is 0.688. The highest BCUT2D eigenvalue weighted by Gasteiger charge is 2.16. The molecule has 0 spiro atoms. The molecule has 2 aromatic heterocycles. The summed E-state index contributed by atoms with van der Waals surface area (Å²) < 4.78 is 1.86. The maximum absolute atomic E-state index is 9.38. The molecule has 0 radical (unpaired) electrons. The Labute approximate surface area is 180 Å². The number of nitriles is 1. The van der Waals surface area contributed by atoms with Crippen molar-refractivity contribution in [1.29, 1.82) is 5.26 Å². The summed E-state index contributed by atoms with van der Waals surface area (Å²) in [7, 11) is 0. The number of aromatic nitrogens is 4. The number of aryl methyl sites for hydroxylation is 2. The summed E-state index contributed by atoms with van der Waals surface area (Å²) in [6.07, 6.45) is 4.69. The third-order valence-electron chi connectivity index (χ3n) is 5.17. The van der Waals surface area contributed by atoms with Crippen LogP contribution >= 0.6 is 11.8 Å². The second-order valence-corrected chi connectivity index (χ2v) is 7.97. The highest BCUT2D eigenvalue weighted by Crippen LogP contribution is 2.26. The fourth-order valence-corrected chi connectivity index (χ4v) is 4.04. The fourth-order valence-electron chi connectivity index (χ4n) is 3.70. The van der Waals surface area contributed by atoms with Gasteiger partial charge >= 0.3 is 0 Å². The molecule has 0 aliphatic rings. The number of hydrogen-bond acceptors (Lipinski definition) is 5. The van der Waals surface area contributed by atoms with E-state index in [-0.39, 0.29) is 0 Å². The van der Waals surface area contributed by atoms with Crippen LogP contribution < -0.4 is 0 Å². The van der Waals surface area contributed by atoms with Gasteiger partial charge in [0.05, 0.1) is 11.6 Å². The molecule has 0 atom stereocenters. The number of hydrogen-bond donors (Lipinski definition) is 0. The summed E-state index contributed by atoms with van der Waals surface area (Å²) >= 11 is 1.54.